The number of phenols is 1. The molecule has 0 unspecified atom stereocenters. The van der Waals surface area contributed by atoms with Gasteiger partial charge in [-0.2, -0.15) is 0 Å². The zero-order valence-electron chi connectivity index (χ0n) is 7.86. The molecule has 1 aromatic rings. The highest BCUT2D eigenvalue weighted by molar-refractivity contribution is 7.99. The van der Waals surface area contributed by atoms with Gasteiger partial charge in [-0.3, -0.25) is 4.79 Å². The van der Waals surface area contributed by atoms with Gasteiger partial charge >= 0.3 is 5.97 Å². The number of aryl methyl sites for hydroxylation is 1. The first-order chi connectivity index (χ1) is 6.59. The first-order valence-electron chi connectivity index (χ1n) is 4.17. The maximum absolute atomic E-state index is 10.2. The number of hydrogen-bond acceptors (Lipinski definition) is 3. The molecule has 0 aliphatic rings. The summed E-state index contributed by atoms with van der Waals surface area (Å²) < 4.78 is 0. The van der Waals surface area contributed by atoms with Crippen LogP contribution in [0.4, 0.5) is 0 Å². The van der Waals surface area contributed by atoms with Crippen LogP contribution in [0.3, 0.4) is 0 Å². The molecule has 0 saturated heterocycles. The van der Waals surface area contributed by atoms with Crippen molar-refractivity contribution in [3.8, 4) is 5.75 Å². The molecule has 0 atom stereocenters. The van der Waals surface area contributed by atoms with Gasteiger partial charge in [-0.25, -0.2) is 0 Å². The Labute approximate surface area is 86.8 Å². The SMILES string of the molecule is Cc1ccc(CSCC(=O)O)cc1O. The number of phenolic OH excluding ortho intramolecular Hbond substituents is 1. The predicted octanol–water partition coefficient (Wildman–Crippen LogP) is 2.02. The molecule has 1 aromatic carbocycles. The lowest BCUT2D eigenvalue weighted by Gasteiger charge is -2.02. The van der Waals surface area contributed by atoms with Crippen molar-refractivity contribution in [1.82, 2.24) is 0 Å². The topological polar surface area (TPSA) is 57.5 Å². The van der Waals surface area contributed by atoms with Crippen molar-refractivity contribution in [2.45, 2.75) is 12.7 Å². The number of thioether (sulfide) groups is 1. The summed E-state index contributed by atoms with van der Waals surface area (Å²) in [6, 6.07) is 5.39. The van der Waals surface area contributed by atoms with Crippen molar-refractivity contribution in [3.63, 3.8) is 0 Å². The third kappa shape index (κ3) is 3.30. The van der Waals surface area contributed by atoms with E-state index in [1.807, 2.05) is 19.1 Å². The van der Waals surface area contributed by atoms with Crippen molar-refractivity contribution >= 4 is 17.7 Å². The fourth-order valence-electron chi connectivity index (χ4n) is 1.00. The number of aliphatic carboxylic acids is 1. The van der Waals surface area contributed by atoms with Crippen molar-refractivity contribution in [2.24, 2.45) is 0 Å². The molecule has 2 N–H and O–H groups in total. The summed E-state index contributed by atoms with van der Waals surface area (Å²) in [6.45, 7) is 1.82. The summed E-state index contributed by atoms with van der Waals surface area (Å²) in [4.78, 5) is 10.2. The summed E-state index contributed by atoms with van der Waals surface area (Å²) in [5.74, 6) is 0.152. The van der Waals surface area contributed by atoms with Crippen molar-refractivity contribution in [2.75, 3.05) is 5.75 Å². The van der Waals surface area contributed by atoms with Gasteiger partial charge in [0.15, 0.2) is 0 Å². The van der Waals surface area contributed by atoms with Crippen LogP contribution in [0.15, 0.2) is 18.2 Å². The number of carboxylic acid groups (broad SMARTS) is 1. The maximum atomic E-state index is 10.2. The highest BCUT2D eigenvalue weighted by Crippen LogP contribution is 2.20. The molecule has 76 valence electrons. The molecule has 0 saturated carbocycles. The van der Waals surface area contributed by atoms with Crippen LogP contribution < -0.4 is 0 Å². The summed E-state index contributed by atoms with van der Waals surface area (Å²) in [7, 11) is 0. The van der Waals surface area contributed by atoms with Gasteiger partial charge in [-0.1, -0.05) is 12.1 Å². The van der Waals surface area contributed by atoms with Gasteiger partial charge in [0.25, 0.3) is 0 Å². The third-order valence-corrected chi connectivity index (χ3v) is 2.76. The Balaban J connectivity index is 2.51. The molecule has 0 heterocycles. The fourth-order valence-corrected chi connectivity index (χ4v) is 1.69. The Kier molecular flexibility index (Phi) is 3.83. The number of hydrogen-bond donors (Lipinski definition) is 2. The summed E-state index contributed by atoms with van der Waals surface area (Å²) >= 11 is 1.32. The molecule has 14 heavy (non-hydrogen) atoms. The van der Waals surface area contributed by atoms with Crippen molar-refractivity contribution in [3.05, 3.63) is 29.3 Å². The number of carboxylic acids is 1. The van der Waals surface area contributed by atoms with Gasteiger partial charge in [0, 0.05) is 5.75 Å². The Bertz CT molecular complexity index is 336. The average molecular weight is 212 g/mol. The van der Waals surface area contributed by atoms with Crippen LogP contribution >= 0.6 is 11.8 Å². The van der Waals surface area contributed by atoms with Gasteiger partial charge in [-0.15, -0.1) is 11.8 Å². The molecule has 0 aromatic heterocycles. The molecule has 0 bridgehead atoms. The second-order valence-electron chi connectivity index (χ2n) is 3.01. The zero-order valence-corrected chi connectivity index (χ0v) is 8.67. The maximum Gasteiger partial charge on any atom is 0.313 e. The number of aromatic hydroxyl groups is 1. The number of rotatable bonds is 4. The van der Waals surface area contributed by atoms with Crippen LogP contribution in [0.2, 0.25) is 0 Å². The molecule has 0 aliphatic heterocycles. The van der Waals surface area contributed by atoms with Crippen LogP contribution in [0.1, 0.15) is 11.1 Å². The highest BCUT2D eigenvalue weighted by Gasteiger charge is 2.00. The lowest BCUT2D eigenvalue weighted by molar-refractivity contribution is -0.133. The molecule has 4 heteroatoms. The molecule has 1 rings (SSSR count). The quantitative estimate of drug-likeness (QED) is 0.801. The molecule has 0 aliphatic carbocycles. The van der Waals surface area contributed by atoms with Gasteiger partial charge in [-0.05, 0) is 24.1 Å². The van der Waals surface area contributed by atoms with Crippen molar-refractivity contribution in [1.29, 1.82) is 0 Å². The minimum atomic E-state index is -0.814. The number of carbonyl (C=O) groups is 1. The highest BCUT2D eigenvalue weighted by atomic mass is 32.2. The monoisotopic (exact) mass is 212 g/mol. The molecule has 3 nitrogen and oxygen atoms in total. The Morgan fingerprint density at radius 3 is 2.79 bits per heavy atom. The summed E-state index contributed by atoms with van der Waals surface area (Å²) in [5, 5.41) is 17.8. The van der Waals surface area contributed by atoms with E-state index in [2.05, 4.69) is 0 Å². The predicted molar refractivity (Wildman–Crippen MR) is 56.6 cm³/mol. The lowest BCUT2D eigenvalue weighted by atomic mass is 10.1. The summed E-state index contributed by atoms with van der Waals surface area (Å²) in [5.41, 5.74) is 1.77. The number of benzene rings is 1. The normalized spacial score (nSPS) is 10.1. The van der Waals surface area contributed by atoms with E-state index in [-0.39, 0.29) is 11.5 Å². The van der Waals surface area contributed by atoms with E-state index in [4.69, 9.17) is 5.11 Å². The van der Waals surface area contributed by atoms with Gasteiger partial charge < -0.3 is 10.2 Å². The summed E-state index contributed by atoms with van der Waals surface area (Å²) in [6.07, 6.45) is 0. The first-order valence-corrected chi connectivity index (χ1v) is 5.33. The Morgan fingerprint density at radius 1 is 1.50 bits per heavy atom. The van der Waals surface area contributed by atoms with E-state index < -0.39 is 5.97 Å². The largest absolute Gasteiger partial charge is 0.508 e. The minimum absolute atomic E-state index is 0.0919. The van der Waals surface area contributed by atoms with Gasteiger partial charge in [0.05, 0.1) is 5.75 Å². The van der Waals surface area contributed by atoms with Crippen LogP contribution in [-0.4, -0.2) is 21.9 Å². The van der Waals surface area contributed by atoms with E-state index in [0.717, 1.165) is 11.1 Å². The molecule has 0 radical (unpaired) electrons. The van der Waals surface area contributed by atoms with E-state index in [1.54, 1.807) is 6.07 Å². The van der Waals surface area contributed by atoms with Crippen LogP contribution in [0.5, 0.6) is 5.75 Å². The standard InChI is InChI=1S/C10H12O3S/c1-7-2-3-8(4-9(7)11)5-14-6-10(12)13/h2-4,11H,5-6H2,1H3,(H,12,13). The lowest BCUT2D eigenvalue weighted by Crippen LogP contribution is -1.98. The van der Waals surface area contributed by atoms with Gasteiger partial charge in [0.1, 0.15) is 5.75 Å². The first kappa shape index (κ1) is 10.9. The average Bonchev–Trinajstić information content (AvgIpc) is 2.10. The second kappa shape index (κ2) is 4.91. The van der Waals surface area contributed by atoms with Crippen LogP contribution in [0.25, 0.3) is 0 Å². The minimum Gasteiger partial charge on any atom is -0.508 e. The van der Waals surface area contributed by atoms with Crippen LogP contribution in [-0.2, 0) is 10.5 Å². The third-order valence-electron chi connectivity index (χ3n) is 1.77. The Morgan fingerprint density at radius 2 is 2.21 bits per heavy atom. The molecule has 0 amide bonds. The van der Waals surface area contributed by atoms with E-state index in [0.29, 0.717) is 5.75 Å². The van der Waals surface area contributed by atoms with E-state index in [9.17, 15) is 9.90 Å². The van der Waals surface area contributed by atoms with E-state index in [1.165, 1.54) is 11.8 Å². The van der Waals surface area contributed by atoms with E-state index >= 15 is 0 Å². The molecule has 0 fully saturated rings. The Hall–Kier alpha value is -1.16. The van der Waals surface area contributed by atoms with Gasteiger partial charge in [0.2, 0.25) is 0 Å². The van der Waals surface area contributed by atoms with Crippen molar-refractivity contribution < 1.29 is 15.0 Å². The molecule has 0 spiro atoms. The molecular formula is C10H12O3S. The zero-order chi connectivity index (χ0) is 10.6. The van der Waals surface area contributed by atoms with Crippen LogP contribution in [0, 0.1) is 6.92 Å². The second-order valence-corrected chi connectivity index (χ2v) is 3.99. The molecular weight excluding hydrogens is 200 g/mol. The fraction of sp³-hybridized carbons (Fsp3) is 0.300. The smallest absolute Gasteiger partial charge is 0.313 e.